The third kappa shape index (κ3) is 4.27. The van der Waals surface area contributed by atoms with Crippen molar-refractivity contribution < 1.29 is 54.1 Å². The van der Waals surface area contributed by atoms with E-state index in [0.717, 1.165) is 0 Å². The number of aromatic hydroxyl groups is 1. The number of aliphatic hydroxyl groups excluding tert-OH is 3. The molecule has 1 fully saturated rings. The Balaban J connectivity index is 1.75. The number of aliphatic hydroxyl groups is 3. The molecule has 5 N–H and O–H groups in total. The molecule has 2 aromatic carbocycles. The number of ether oxygens (including phenoxy) is 4. The summed E-state index contributed by atoms with van der Waals surface area (Å²) in [6, 6.07) is 6.33. The lowest BCUT2D eigenvalue weighted by Gasteiger charge is -2.39. The van der Waals surface area contributed by atoms with Crippen molar-refractivity contribution >= 4 is 11.8 Å². The van der Waals surface area contributed by atoms with Crippen LogP contribution in [0.5, 0.6) is 23.0 Å². The van der Waals surface area contributed by atoms with E-state index in [1.807, 2.05) is 0 Å². The number of phenolic OH excluding ortho intramolecular Hbond substituents is 1. The Labute approximate surface area is 200 Å². The second-order valence-electron chi connectivity index (χ2n) is 8.50. The Kier molecular flexibility index (Phi) is 6.60. The molecule has 2 aliphatic rings. The number of carbonyl (C=O) groups excluding carboxylic acids is 1. The lowest BCUT2D eigenvalue weighted by atomic mass is 9.91. The number of aliphatic carboxylic acids is 1. The van der Waals surface area contributed by atoms with Crippen LogP contribution in [0, 0.1) is 13.8 Å². The van der Waals surface area contributed by atoms with Crippen molar-refractivity contribution in [3.63, 3.8) is 0 Å². The summed E-state index contributed by atoms with van der Waals surface area (Å²) in [5.74, 6) is -1.37. The van der Waals surface area contributed by atoms with E-state index < -0.39 is 42.8 Å². The molecule has 1 saturated heterocycles. The largest absolute Gasteiger partial charge is 0.508 e. The maximum atomic E-state index is 13.1. The normalized spacial score (nSPS) is 28.1. The highest BCUT2D eigenvalue weighted by atomic mass is 16.7. The molecule has 0 aliphatic carbocycles. The van der Waals surface area contributed by atoms with Crippen molar-refractivity contribution in [1.82, 2.24) is 0 Å². The monoisotopic (exact) mass is 490 g/mol. The molecular formula is C24H26O11. The van der Waals surface area contributed by atoms with E-state index in [-0.39, 0.29) is 40.8 Å². The molecule has 0 saturated carbocycles. The first-order valence-corrected chi connectivity index (χ1v) is 10.8. The van der Waals surface area contributed by atoms with Crippen molar-refractivity contribution in [1.29, 1.82) is 0 Å². The second-order valence-corrected chi connectivity index (χ2v) is 8.50. The van der Waals surface area contributed by atoms with Gasteiger partial charge in [-0.3, -0.25) is 4.79 Å². The van der Waals surface area contributed by atoms with Crippen LogP contribution >= 0.6 is 0 Å². The predicted octanol–water partition coefficient (Wildman–Crippen LogP) is 0.995. The van der Waals surface area contributed by atoms with Crippen LogP contribution in [-0.4, -0.2) is 75.1 Å². The van der Waals surface area contributed by atoms with Gasteiger partial charge < -0.3 is 44.5 Å². The fraction of sp³-hybridized carbons (Fsp3) is 0.417. The number of methoxy groups -OCH3 is 1. The van der Waals surface area contributed by atoms with E-state index >= 15 is 0 Å². The number of carboxylic acid groups (broad SMARTS) is 1. The summed E-state index contributed by atoms with van der Waals surface area (Å²) in [6.07, 6.45) is -9.69. The summed E-state index contributed by atoms with van der Waals surface area (Å²) in [5.41, 5.74) is 1.49. The number of carbonyl (C=O) groups is 2. The van der Waals surface area contributed by atoms with Crippen LogP contribution in [0.15, 0.2) is 24.3 Å². The van der Waals surface area contributed by atoms with Crippen LogP contribution in [0.4, 0.5) is 0 Å². The maximum Gasteiger partial charge on any atom is 0.335 e. The van der Waals surface area contributed by atoms with Crippen molar-refractivity contribution in [3.8, 4) is 23.0 Å². The molecule has 0 aromatic heterocycles. The average Bonchev–Trinajstić information content (AvgIpc) is 2.82. The fourth-order valence-electron chi connectivity index (χ4n) is 4.43. The van der Waals surface area contributed by atoms with E-state index in [0.29, 0.717) is 16.7 Å². The Morgan fingerprint density at radius 1 is 1.06 bits per heavy atom. The Hall–Kier alpha value is -3.38. The van der Waals surface area contributed by atoms with Gasteiger partial charge in [0, 0.05) is 11.1 Å². The number of hydrogen-bond acceptors (Lipinski definition) is 10. The van der Waals surface area contributed by atoms with Gasteiger partial charge in [-0.05, 0) is 31.5 Å². The van der Waals surface area contributed by atoms with Gasteiger partial charge >= 0.3 is 5.97 Å². The molecule has 0 spiro atoms. The number of carboxylic acids is 1. The highest BCUT2D eigenvalue weighted by Gasteiger charge is 2.48. The van der Waals surface area contributed by atoms with Gasteiger partial charge in [0.15, 0.2) is 11.9 Å². The zero-order valence-electron chi connectivity index (χ0n) is 19.2. The van der Waals surface area contributed by atoms with Gasteiger partial charge in [-0.1, -0.05) is 12.1 Å². The van der Waals surface area contributed by atoms with Crippen LogP contribution in [-0.2, 0) is 9.53 Å². The summed E-state index contributed by atoms with van der Waals surface area (Å²) >= 11 is 0. The first kappa shape index (κ1) is 24.7. The van der Waals surface area contributed by atoms with Gasteiger partial charge in [-0.2, -0.15) is 0 Å². The number of hydrogen-bond donors (Lipinski definition) is 5. The van der Waals surface area contributed by atoms with Crippen molar-refractivity contribution in [2.75, 3.05) is 7.11 Å². The third-order valence-electron chi connectivity index (χ3n) is 6.22. The summed E-state index contributed by atoms with van der Waals surface area (Å²) in [4.78, 5) is 24.6. The number of Topliss-reactive ketones (excluding diaryl/α,β-unsaturated/α-hetero) is 1. The molecule has 0 bridgehead atoms. The summed E-state index contributed by atoms with van der Waals surface area (Å²) in [5, 5.41) is 49.6. The van der Waals surface area contributed by atoms with Gasteiger partial charge in [0.05, 0.1) is 13.5 Å². The quantitative estimate of drug-likeness (QED) is 0.405. The number of phenols is 1. The van der Waals surface area contributed by atoms with Crippen LogP contribution < -0.4 is 14.2 Å². The molecule has 6 atom stereocenters. The maximum absolute atomic E-state index is 13.1. The Bertz CT molecular complexity index is 1160. The highest BCUT2D eigenvalue weighted by molar-refractivity contribution is 6.04. The molecule has 2 aromatic rings. The number of rotatable bonds is 5. The minimum atomic E-state index is -1.87. The first-order chi connectivity index (χ1) is 16.5. The van der Waals surface area contributed by atoms with E-state index in [2.05, 4.69) is 0 Å². The summed E-state index contributed by atoms with van der Waals surface area (Å²) in [6.45, 7) is 3.21. The SMILES string of the molecule is COc1c(C)c(OC2OC(C(=O)O)C(O)C(O)C2O)c(C)c2c1C(=O)CC(c1cccc(O)c1)O2. The molecule has 0 amide bonds. The molecule has 4 rings (SSSR count). The Morgan fingerprint density at radius 2 is 1.77 bits per heavy atom. The Morgan fingerprint density at radius 3 is 2.40 bits per heavy atom. The topological polar surface area (TPSA) is 172 Å². The molecule has 2 aliphatic heterocycles. The minimum absolute atomic E-state index is 0.000714. The smallest absolute Gasteiger partial charge is 0.335 e. The summed E-state index contributed by atoms with van der Waals surface area (Å²) < 4.78 is 22.7. The number of fused-ring (bicyclic) bond motifs is 1. The van der Waals surface area contributed by atoms with Gasteiger partial charge in [0.1, 0.15) is 53.0 Å². The predicted molar refractivity (Wildman–Crippen MR) is 118 cm³/mol. The van der Waals surface area contributed by atoms with Crippen LogP contribution in [0.3, 0.4) is 0 Å². The van der Waals surface area contributed by atoms with Crippen LogP contribution in [0.25, 0.3) is 0 Å². The fourth-order valence-corrected chi connectivity index (χ4v) is 4.43. The van der Waals surface area contributed by atoms with Crippen LogP contribution in [0.1, 0.15) is 39.6 Å². The molecule has 11 nitrogen and oxygen atoms in total. The summed E-state index contributed by atoms with van der Waals surface area (Å²) in [7, 11) is 1.36. The zero-order valence-corrected chi connectivity index (χ0v) is 19.2. The van der Waals surface area contributed by atoms with E-state index in [1.54, 1.807) is 26.0 Å². The zero-order chi connectivity index (χ0) is 25.6. The molecule has 0 radical (unpaired) electrons. The van der Waals surface area contributed by atoms with Gasteiger partial charge in [0.2, 0.25) is 6.29 Å². The highest BCUT2D eigenvalue weighted by Crippen LogP contribution is 2.48. The molecule has 6 unspecified atom stereocenters. The number of benzene rings is 2. The van der Waals surface area contributed by atoms with Crippen molar-refractivity contribution in [3.05, 3.63) is 46.5 Å². The van der Waals surface area contributed by atoms with Crippen molar-refractivity contribution in [2.45, 2.75) is 57.1 Å². The van der Waals surface area contributed by atoms with E-state index in [1.165, 1.54) is 19.2 Å². The molecule has 2 heterocycles. The molecule has 35 heavy (non-hydrogen) atoms. The second kappa shape index (κ2) is 9.34. The lowest BCUT2D eigenvalue weighted by Crippen LogP contribution is -2.61. The average molecular weight is 490 g/mol. The molecular weight excluding hydrogens is 464 g/mol. The van der Waals surface area contributed by atoms with Gasteiger partial charge in [0.25, 0.3) is 0 Å². The van der Waals surface area contributed by atoms with Gasteiger partial charge in [-0.15, -0.1) is 0 Å². The van der Waals surface area contributed by atoms with E-state index in [9.17, 15) is 35.1 Å². The van der Waals surface area contributed by atoms with Crippen LogP contribution in [0.2, 0.25) is 0 Å². The minimum Gasteiger partial charge on any atom is -0.508 e. The van der Waals surface area contributed by atoms with E-state index in [4.69, 9.17) is 18.9 Å². The molecule has 188 valence electrons. The number of ketones is 1. The lowest BCUT2D eigenvalue weighted by molar-refractivity contribution is -0.271. The molecule has 11 heteroatoms. The first-order valence-electron chi connectivity index (χ1n) is 10.8. The van der Waals surface area contributed by atoms with Gasteiger partial charge in [-0.25, -0.2) is 4.79 Å². The third-order valence-corrected chi connectivity index (χ3v) is 6.22. The standard InChI is InChI=1S/C24H26O11/c1-9-19(34-24-18(29)16(27)17(28)22(35-24)23(30)31)10(2)21-15(20(9)32-3)13(26)8-14(33-21)11-5-4-6-12(25)7-11/h4-7,14,16-18,22,24-25,27-29H,8H2,1-3H3,(H,30,31). The van der Waals surface area contributed by atoms with Crippen molar-refractivity contribution in [2.24, 2.45) is 0 Å².